The summed E-state index contributed by atoms with van der Waals surface area (Å²) in [7, 11) is -3.06. The lowest BCUT2D eigenvalue weighted by molar-refractivity contribution is 0.582. The SMILES string of the molecule is CS(=O)(=O)NCCNCc1ccccc1. The fourth-order valence-corrected chi connectivity index (χ4v) is 1.63. The molecule has 0 aromatic heterocycles. The molecule has 0 fully saturated rings. The maximum Gasteiger partial charge on any atom is 0.208 e. The summed E-state index contributed by atoms with van der Waals surface area (Å²) in [4.78, 5) is 0. The van der Waals surface area contributed by atoms with Crippen LogP contribution < -0.4 is 10.0 Å². The number of hydrogen-bond donors (Lipinski definition) is 2. The van der Waals surface area contributed by atoms with Crippen LogP contribution in [0.2, 0.25) is 0 Å². The number of hydrogen-bond acceptors (Lipinski definition) is 3. The minimum Gasteiger partial charge on any atom is -0.311 e. The lowest BCUT2D eigenvalue weighted by Gasteiger charge is -2.05. The highest BCUT2D eigenvalue weighted by Gasteiger charge is 1.97. The van der Waals surface area contributed by atoms with E-state index in [4.69, 9.17) is 0 Å². The van der Waals surface area contributed by atoms with Crippen LogP contribution in [0.15, 0.2) is 30.3 Å². The average Bonchev–Trinajstić information content (AvgIpc) is 2.17. The van der Waals surface area contributed by atoms with Gasteiger partial charge in [-0.3, -0.25) is 0 Å². The smallest absolute Gasteiger partial charge is 0.208 e. The number of rotatable bonds is 6. The van der Waals surface area contributed by atoms with Crippen LogP contribution in [0.1, 0.15) is 5.56 Å². The Morgan fingerprint density at radius 2 is 1.80 bits per heavy atom. The van der Waals surface area contributed by atoms with Crippen molar-refractivity contribution in [1.29, 1.82) is 0 Å². The second kappa shape index (κ2) is 5.85. The summed E-state index contributed by atoms with van der Waals surface area (Å²) in [5.41, 5.74) is 1.19. The van der Waals surface area contributed by atoms with Crippen molar-refractivity contribution in [3.8, 4) is 0 Å². The van der Waals surface area contributed by atoms with Gasteiger partial charge < -0.3 is 5.32 Å². The number of sulfonamides is 1. The summed E-state index contributed by atoms with van der Waals surface area (Å²) in [5, 5.41) is 3.15. The van der Waals surface area contributed by atoms with Crippen molar-refractivity contribution in [3.63, 3.8) is 0 Å². The van der Waals surface area contributed by atoms with Crippen LogP contribution in [0.25, 0.3) is 0 Å². The van der Waals surface area contributed by atoms with Crippen molar-refractivity contribution < 1.29 is 8.42 Å². The lowest BCUT2D eigenvalue weighted by Crippen LogP contribution is -2.30. The molecule has 2 N–H and O–H groups in total. The molecule has 0 heterocycles. The molecule has 0 saturated carbocycles. The molecule has 15 heavy (non-hydrogen) atoms. The number of nitrogens with one attached hydrogen (secondary N) is 2. The summed E-state index contributed by atoms with van der Waals surface area (Å²) in [6.07, 6.45) is 1.16. The molecular formula is C10H16N2O2S. The van der Waals surface area contributed by atoms with E-state index < -0.39 is 10.0 Å². The Morgan fingerprint density at radius 3 is 2.40 bits per heavy atom. The third kappa shape index (κ3) is 6.22. The predicted octanol–water partition coefficient (Wildman–Crippen LogP) is 0.325. The molecule has 0 amide bonds. The molecule has 1 aromatic rings. The van der Waals surface area contributed by atoms with Crippen molar-refractivity contribution >= 4 is 10.0 Å². The van der Waals surface area contributed by atoms with Crippen LogP contribution in [0, 0.1) is 0 Å². The quantitative estimate of drug-likeness (QED) is 0.690. The Hall–Kier alpha value is -0.910. The molecule has 84 valence electrons. The Bertz CT molecular complexity index is 376. The summed E-state index contributed by atoms with van der Waals surface area (Å²) < 4.78 is 23.9. The van der Waals surface area contributed by atoms with Crippen LogP contribution in [-0.4, -0.2) is 27.8 Å². The normalized spacial score (nSPS) is 11.5. The van der Waals surface area contributed by atoms with Gasteiger partial charge in [0.2, 0.25) is 10.0 Å². The van der Waals surface area contributed by atoms with E-state index >= 15 is 0 Å². The summed E-state index contributed by atoms with van der Waals surface area (Å²) in [6.45, 7) is 1.81. The summed E-state index contributed by atoms with van der Waals surface area (Å²) in [6, 6.07) is 9.97. The van der Waals surface area contributed by atoms with E-state index in [1.165, 1.54) is 5.56 Å². The Kier molecular flexibility index (Phi) is 4.74. The fraction of sp³-hybridized carbons (Fsp3) is 0.400. The predicted molar refractivity (Wildman–Crippen MR) is 61.0 cm³/mol. The van der Waals surface area contributed by atoms with Crippen molar-refractivity contribution in [1.82, 2.24) is 10.0 Å². The fourth-order valence-electron chi connectivity index (χ4n) is 1.15. The van der Waals surface area contributed by atoms with Gasteiger partial charge in [-0.25, -0.2) is 13.1 Å². The molecule has 4 nitrogen and oxygen atoms in total. The van der Waals surface area contributed by atoms with Gasteiger partial charge in [-0.15, -0.1) is 0 Å². The molecule has 0 bridgehead atoms. The molecule has 0 radical (unpaired) electrons. The maximum absolute atomic E-state index is 10.7. The van der Waals surface area contributed by atoms with Crippen LogP contribution in [-0.2, 0) is 16.6 Å². The van der Waals surface area contributed by atoms with Gasteiger partial charge in [0, 0.05) is 19.6 Å². The highest BCUT2D eigenvalue weighted by atomic mass is 32.2. The third-order valence-electron chi connectivity index (χ3n) is 1.84. The van der Waals surface area contributed by atoms with Crippen molar-refractivity contribution in [2.45, 2.75) is 6.54 Å². The van der Waals surface area contributed by atoms with E-state index in [-0.39, 0.29) is 0 Å². The average molecular weight is 228 g/mol. The van der Waals surface area contributed by atoms with Crippen molar-refractivity contribution in [3.05, 3.63) is 35.9 Å². The Labute approximate surface area is 90.8 Å². The van der Waals surface area contributed by atoms with Crippen molar-refractivity contribution in [2.75, 3.05) is 19.3 Å². The first-order valence-electron chi connectivity index (χ1n) is 4.77. The van der Waals surface area contributed by atoms with Crippen LogP contribution in [0.5, 0.6) is 0 Å². The van der Waals surface area contributed by atoms with Crippen LogP contribution >= 0.6 is 0 Å². The third-order valence-corrected chi connectivity index (χ3v) is 2.57. The topological polar surface area (TPSA) is 58.2 Å². The first-order valence-corrected chi connectivity index (χ1v) is 6.66. The van der Waals surface area contributed by atoms with E-state index in [0.717, 1.165) is 12.8 Å². The zero-order valence-corrected chi connectivity index (χ0v) is 9.55. The highest BCUT2D eigenvalue weighted by molar-refractivity contribution is 7.88. The lowest BCUT2D eigenvalue weighted by atomic mass is 10.2. The van der Waals surface area contributed by atoms with Crippen LogP contribution in [0.4, 0.5) is 0 Å². The van der Waals surface area contributed by atoms with E-state index in [2.05, 4.69) is 10.0 Å². The number of benzene rings is 1. The van der Waals surface area contributed by atoms with E-state index in [0.29, 0.717) is 13.1 Å². The molecule has 0 aliphatic rings. The molecule has 0 saturated heterocycles. The maximum atomic E-state index is 10.7. The van der Waals surface area contributed by atoms with Gasteiger partial charge in [-0.2, -0.15) is 0 Å². The molecular weight excluding hydrogens is 212 g/mol. The molecule has 5 heteroatoms. The molecule has 1 rings (SSSR count). The minimum atomic E-state index is -3.06. The summed E-state index contributed by atoms with van der Waals surface area (Å²) in [5.74, 6) is 0. The van der Waals surface area contributed by atoms with Gasteiger partial charge >= 0.3 is 0 Å². The van der Waals surface area contributed by atoms with E-state index in [9.17, 15) is 8.42 Å². The van der Waals surface area contributed by atoms with Gasteiger partial charge in [0.05, 0.1) is 6.26 Å². The van der Waals surface area contributed by atoms with Gasteiger partial charge in [0.25, 0.3) is 0 Å². The largest absolute Gasteiger partial charge is 0.311 e. The second-order valence-corrected chi connectivity index (χ2v) is 5.16. The minimum absolute atomic E-state index is 0.422. The highest BCUT2D eigenvalue weighted by Crippen LogP contribution is 1.96. The monoisotopic (exact) mass is 228 g/mol. The Balaban J connectivity index is 2.13. The molecule has 1 aromatic carbocycles. The van der Waals surface area contributed by atoms with Gasteiger partial charge in [0.1, 0.15) is 0 Å². The first-order chi connectivity index (χ1) is 7.08. The Morgan fingerprint density at radius 1 is 1.13 bits per heavy atom. The summed E-state index contributed by atoms with van der Waals surface area (Å²) >= 11 is 0. The molecule has 0 atom stereocenters. The van der Waals surface area contributed by atoms with Crippen LogP contribution in [0.3, 0.4) is 0 Å². The molecule has 0 aliphatic heterocycles. The second-order valence-electron chi connectivity index (χ2n) is 3.33. The first kappa shape index (κ1) is 12.2. The molecule has 0 unspecified atom stereocenters. The van der Waals surface area contributed by atoms with E-state index in [1.54, 1.807) is 0 Å². The van der Waals surface area contributed by atoms with Gasteiger partial charge in [0.15, 0.2) is 0 Å². The molecule has 0 spiro atoms. The zero-order valence-electron chi connectivity index (χ0n) is 8.73. The van der Waals surface area contributed by atoms with Crippen molar-refractivity contribution in [2.24, 2.45) is 0 Å². The van der Waals surface area contributed by atoms with E-state index in [1.807, 2.05) is 30.3 Å². The van der Waals surface area contributed by atoms with Gasteiger partial charge in [-0.05, 0) is 5.56 Å². The van der Waals surface area contributed by atoms with Gasteiger partial charge in [-0.1, -0.05) is 30.3 Å². The standard InChI is InChI=1S/C10H16N2O2S/c1-15(13,14)12-8-7-11-9-10-5-3-2-4-6-10/h2-6,11-12H,7-9H2,1H3. The molecule has 0 aliphatic carbocycles. The zero-order chi connectivity index (χ0) is 11.1.